The molecule has 0 saturated carbocycles. The maximum atomic E-state index is 3.95. The van der Waals surface area contributed by atoms with Crippen molar-refractivity contribution in [1.82, 2.24) is 9.55 Å². The van der Waals surface area contributed by atoms with E-state index in [-0.39, 0.29) is 0 Å². The van der Waals surface area contributed by atoms with Crippen LogP contribution >= 0.6 is 0 Å². The second-order valence-corrected chi connectivity index (χ2v) is 1.94. The lowest BCUT2D eigenvalue weighted by Crippen LogP contribution is -1.87. The van der Waals surface area contributed by atoms with Gasteiger partial charge in [0.25, 0.3) is 0 Å². The summed E-state index contributed by atoms with van der Waals surface area (Å²) in [5.74, 6) is 0. The quantitative estimate of drug-likeness (QED) is 0.482. The van der Waals surface area contributed by atoms with Crippen LogP contribution in [0, 0.1) is 20.2 Å². The van der Waals surface area contributed by atoms with Gasteiger partial charge in [0, 0.05) is 12.7 Å². The van der Waals surface area contributed by atoms with Crippen molar-refractivity contribution < 1.29 is 0 Å². The van der Waals surface area contributed by atoms with E-state index in [0.29, 0.717) is 0 Å². The van der Waals surface area contributed by atoms with E-state index in [9.17, 15) is 0 Å². The van der Waals surface area contributed by atoms with E-state index < -0.39 is 0 Å². The van der Waals surface area contributed by atoms with E-state index in [1.165, 1.54) is 5.69 Å². The minimum atomic E-state index is 1.06. The van der Waals surface area contributed by atoms with Crippen molar-refractivity contribution in [2.45, 2.75) is 13.8 Å². The largest absolute Gasteiger partial charge is 0.329 e. The zero-order valence-electron chi connectivity index (χ0n) is 5.39. The highest BCUT2D eigenvalue weighted by molar-refractivity contribution is 5.06. The number of nitrogens with zero attached hydrogens (tertiary/aromatic N) is 2. The number of hydrogen-bond donors (Lipinski definition) is 0. The predicted molar refractivity (Wildman–Crippen MR) is 31.5 cm³/mol. The fourth-order valence-electron chi connectivity index (χ4n) is 0.549. The van der Waals surface area contributed by atoms with Gasteiger partial charge in [-0.15, -0.1) is 0 Å². The highest BCUT2D eigenvalue weighted by Gasteiger charge is 1.94. The third kappa shape index (κ3) is 0.619. The molecule has 0 aliphatic heterocycles. The smallest absolute Gasteiger partial charge is 0.176 e. The van der Waals surface area contributed by atoms with Gasteiger partial charge >= 0.3 is 0 Å². The third-order valence-electron chi connectivity index (χ3n) is 1.39. The summed E-state index contributed by atoms with van der Waals surface area (Å²) in [6.45, 7) is 4.00. The first kappa shape index (κ1) is 5.35. The van der Waals surface area contributed by atoms with Crippen LogP contribution < -0.4 is 0 Å². The van der Waals surface area contributed by atoms with Crippen molar-refractivity contribution in [2.24, 2.45) is 7.05 Å². The minimum Gasteiger partial charge on any atom is -0.329 e. The van der Waals surface area contributed by atoms with E-state index in [2.05, 4.69) is 11.3 Å². The fraction of sp³-hybridized carbons (Fsp3) is 0.500. The van der Waals surface area contributed by atoms with Crippen molar-refractivity contribution >= 4 is 0 Å². The van der Waals surface area contributed by atoms with Crippen molar-refractivity contribution in [1.29, 1.82) is 0 Å². The molecule has 2 heteroatoms. The molecule has 1 aromatic heterocycles. The average Bonchev–Trinajstić information content (AvgIpc) is 1.98. The number of imidazole rings is 1. The van der Waals surface area contributed by atoms with Crippen LogP contribution in [0.1, 0.15) is 11.4 Å². The molecular weight excluding hydrogens is 100 g/mol. The molecule has 0 bridgehead atoms. The summed E-state index contributed by atoms with van der Waals surface area (Å²) in [6.07, 6.45) is 2.80. The first-order chi connectivity index (χ1) is 3.72. The monoisotopic (exact) mass is 109 g/mol. The molecule has 1 radical (unpaired) electrons. The SMILES string of the molecule is Cc1n[c]n(C)c1C. The van der Waals surface area contributed by atoms with Crippen LogP contribution in [0.5, 0.6) is 0 Å². The Labute approximate surface area is 49.2 Å². The maximum Gasteiger partial charge on any atom is 0.176 e. The van der Waals surface area contributed by atoms with Crippen LogP contribution in [0.25, 0.3) is 0 Å². The van der Waals surface area contributed by atoms with Gasteiger partial charge in [0.1, 0.15) is 0 Å². The Morgan fingerprint density at radius 2 is 2.12 bits per heavy atom. The Kier molecular flexibility index (Phi) is 1.08. The molecule has 1 aromatic rings. The van der Waals surface area contributed by atoms with Crippen LogP contribution in [0.3, 0.4) is 0 Å². The van der Waals surface area contributed by atoms with E-state index in [1.807, 2.05) is 25.5 Å². The lowest BCUT2D eigenvalue weighted by atomic mass is 10.4. The summed E-state index contributed by atoms with van der Waals surface area (Å²) in [6, 6.07) is 0. The summed E-state index contributed by atoms with van der Waals surface area (Å²) in [4.78, 5) is 3.95. The Morgan fingerprint density at radius 3 is 2.25 bits per heavy atom. The molecular formula is C6H9N2. The standard InChI is InChI=1S/C6H9N2/c1-5-6(2)8(3)4-7-5/h1-3H3. The van der Waals surface area contributed by atoms with E-state index >= 15 is 0 Å². The molecule has 0 saturated heterocycles. The zero-order valence-corrected chi connectivity index (χ0v) is 5.39. The zero-order chi connectivity index (χ0) is 6.15. The van der Waals surface area contributed by atoms with Gasteiger partial charge in [-0.1, -0.05) is 0 Å². The topological polar surface area (TPSA) is 17.8 Å². The third-order valence-corrected chi connectivity index (χ3v) is 1.39. The molecule has 0 spiro atoms. The van der Waals surface area contributed by atoms with Crippen molar-refractivity contribution in [2.75, 3.05) is 0 Å². The van der Waals surface area contributed by atoms with Crippen LogP contribution in [0.15, 0.2) is 0 Å². The summed E-state index contributed by atoms with van der Waals surface area (Å²) >= 11 is 0. The van der Waals surface area contributed by atoms with Gasteiger partial charge in [-0.05, 0) is 13.8 Å². The summed E-state index contributed by atoms with van der Waals surface area (Å²) in [5.41, 5.74) is 2.25. The van der Waals surface area contributed by atoms with Crippen molar-refractivity contribution in [3.8, 4) is 0 Å². The van der Waals surface area contributed by atoms with E-state index in [0.717, 1.165) is 5.69 Å². The summed E-state index contributed by atoms with van der Waals surface area (Å²) in [7, 11) is 1.94. The Hall–Kier alpha value is -0.790. The highest BCUT2D eigenvalue weighted by atomic mass is 15.0. The Balaban J connectivity index is 3.19. The van der Waals surface area contributed by atoms with E-state index in [1.54, 1.807) is 0 Å². The number of aryl methyl sites for hydroxylation is 2. The molecule has 0 aromatic carbocycles. The fourth-order valence-corrected chi connectivity index (χ4v) is 0.549. The number of hydrogen-bond acceptors (Lipinski definition) is 1. The molecule has 0 unspecified atom stereocenters. The summed E-state index contributed by atoms with van der Waals surface area (Å²) < 4.78 is 1.88. The van der Waals surface area contributed by atoms with Crippen molar-refractivity contribution in [3.05, 3.63) is 17.7 Å². The molecule has 0 N–H and O–H groups in total. The van der Waals surface area contributed by atoms with Gasteiger partial charge in [0.05, 0.1) is 5.69 Å². The molecule has 0 aliphatic rings. The van der Waals surface area contributed by atoms with Gasteiger partial charge in [-0.3, -0.25) is 0 Å². The molecule has 43 valence electrons. The van der Waals surface area contributed by atoms with Crippen LogP contribution in [-0.2, 0) is 7.05 Å². The Morgan fingerprint density at radius 1 is 1.50 bits per heavy atom. The second-order valence-electron chi connectivity index (χ2n) is 1.94. The first-order valence-electron chi connectivity index (χ1n) is 2.59. The molecule has 0 fully saturated rings. The molecule has 2 nitrogen and oxygen atoms in total. The van der Waals surface area contributed by atoms with Crippen LogP contribution in [0.4, 0.5) is 0 Å². The first-order valence-corrected chi connectivity index (χ1v) is 2.59. The molecule has 1 rings (SSSR count). The van der Waals surface area contributed by atoms with E-state index in [4.69, 9.17) is 0 Å². The lowest BCUT2D eigenvalue weighted by Gasteiger charge is -1.90. The Bertz CT molecular complexity index is 169. The van der Waals surface area contributed by atoms with Gasteiger partial charge in [0.15, 0.2) is 6.33 Å². The second kappa shape index (κ2) is 1.62. The highest BCUT2D eigenvalue weighted by Crippen LogP contribution is 1.98. The summed E-state index contributed by atoms with van der Waals surface area (Å²) in [5, 5.41) is 0. The maximum absolute atomic E-state index is 3.95. The van der Waals surface area contributed by atoms with Crippen LogP contribution in [0.2, 0.25) is 0 Å². The lowest BCUT2D eigenvalue weighted by molar-refractivity contribution is 0.862. The van der Waals surface area contributed by atoms with Crippen molar-refractivity contribution in [3.63, 3.8) is 0 Å². The van der Waals surface area contributed by atoms with Gasteiger partial charge in [-0.2, -0.15) is 0 Å². The molecule has 1 heterocycles. The molecule has 0 atom stereocenters. The van der Waals surface area contributed by atoms with Gasteiger partial charge in [0.2, 0.25) is 0 Å². The molecule has 0 amide bonds. The van der Waals surface area contributed by atoms with Gasteiger partial charge in [-0.25, -0.2) is 4.98 Å². The normalized spacial score (nSPS) is 9.88. The molecule has 0 aliphatic carbocycles. The average molecular weight is 109 g/mol. The minimum absolute atomic E-state index is 1.06. The van der Waals surface area contributed by atoms with Gasteiger partial charge < -0.3 is 4.57 Å². The number of aromatic nitrogens is 2. The number of rotatable bonds is 0. The predicted octanol–water partition coefficient (Wildman–Crippen LogP) is 0.837. The molecule has 8 heavy (non-hydrogen) atoms. The van der Waals surface area contributed by atoms with Crippen LogP contribution in [-0.4, -0.2) is 9.55 Å².